The summed E-state index contributed by atoms with van der Waals surface area (Å²) in [7, 11) is 0. The van der Waals surface area contributed by atoms with Crippen molar-refractivity contribution in [1.82, 2.24) is 4.98 Å². The van der Waals surface area contributed by atoms with Gasteiger partial charge in [-0.2, -0.15) is 0 Å². The monoisotopic (exact) mass is 342 g/mol. The molecular weight excluding hydrogens is 332 g/mol. The van der Waals surface area contributed by atoms with E-state index in [4.69, 9.17) is 15.2 Å². The van der Waals surface area contributed by atoms with Crippen LogP contribution in [0.5, 0.6) is 11.5 Å². The molecule has 1 aromatic heterocycles. The van der Waals surface area contributed by atoms with Crippen molar-refractivity contribution in [3.05, 3.63) is 33.2 Å². The molecule has 0 aliphatic carbocycles. The molecule has 1 unspecified atom stereocenters. The summed E-state index contributed by atoms with van der Waals surface area (Å²) in [5, 5.41) is 10.8. The first kappa shape index (κ1) is 12.7. The van der Waals surface area contributed by atoms with E-state index in [-0.39, 0.29) is 0 Å². The maximum Gasteiger partial charge on any atom is 0.180 e. The number of anilines is 1. The van der Waals surface area contributed by atoms with E-state index >= 15 is 0 Å². The first-order valence-electron chi connectivity index (χ1n) is 5.63. The van der Waals surface area contributed by atoms with Crippen LogP contribution >= 0.6 is 27.3 Å². The maximum atomic E-state index is 10.3. The molecular formula is C12H11BrN2O3S. The molecule has 100 valence electrons. The number of fused-ring (bicyclic) bond motifs is 1. The van der Waals surface area contributed by atoms with Gasteiger partial charge in [-0.25, -0.2) is 4.98 Å². The molecule has 5 nitrogen and oxygen atoms in total. The van der Waals surface area contributed by atoms with Crippen molar-refractivity contribution in [2.45, 2.75) is 6.10 Å². The molecule has 3 N–H and O–H groups in total. The number of thiazole rings is 1. The van der Waals surface area contributed by atoms with Crippen LogP contribution in [0.4, 0.5) is 5.13 Å². The average molecular weight is 343 g/mol. The Morgan fingerprint density at radius 3 is 2.89 bits per heavy atom. The van der Waals surface area contributed by atoms with Crippen LogP contribution in [0.25, 0.3) is 0 Å². The molecule has 0 saturated carbocycles. The van der Waals surface area contributed by atoms with E-state index in [2.05, 4.69) is 20.9 Å². The molecule has 1 atom stereocenters. The standard InChI is InChI=1S/C12H11BrN2O3S/c13-7-3-6(4-8-11(7)18-2-1-17-8)10(16)9-5-15-12(14)19-9/h3-5,10,16H,1-2H2,(H2,14,15). The largest absolute Gasteiger partial charge is 0.486 e. The number of nitrogens with zero attached hydrogens (tertiary/aromatic N) is 1. The second-order valence-corrected chi connectivity index (χ2v) is 5.98. The van der Waals surface area contributed by atoms with Crippen molar-refractivity contribution in [2.75, 3.05) is 18.9 Å². The summed E-state index contributed by atoms with van der Waals surface area (Å²) >= 11 is 4.69. The SMILES string of the molecule is Nc1ncc(C(O)c2cc(Br)c3c(c2)OCCO3)s1. The molecule has 0 spiro atoms. The second kappa shape index (κ2) is 4.99. The Morgan fingerprint density at radius 2 is 2.16 bits per heavy atom. The fraction of sp³-hybridized carbons (Fsp3) is 0.250. The lowest BCUT2D eigenvalue weighted by Crippen LogP contribution is -2.16. The molecule has 1 aromatic carbocycles. The predicted octanol–water partition coefficient (Wildman–Crippen LogP) is 2.34. The lowest BCUT2D eigenvalue weighted by atomic mass is 10.1. The summed E-state index contributed by atoms with van der Waals surface area (Å²) in [5.41, 5.74) is 6.29. The Bertz CT molecular complexity index is 617. The molecule has 2 aromatic rings. The molecule has 0 amide bonds. The van der Waals surface area contributed by atoms with E-state index < -0.39 is 6.10 Å². The normalized spacial score (nSPS) is 15.3. The first-order valence-corrected chi connectivity index (χ1v) is 7.24. The molecule has 0 bridgehead atoms. The van der Waals surface area contributed by atoms with Gasteiger partial charge in [-0.3, -0.25) is 0 Å². The van der Waals surface area contributed by atoms with Gasteiger partial charge in [-0.15, -0.1) is 0 Å². The van der Waals surface area contributed by atoms with Crippen LogP contribution in [0.1, 0.15) is 16.5 Å². The zero-order valence-corrected chi connectivity index (χ0v) is 12.2. The van der Waals surface area contributed by atoms with Gasteiger partial charge in [0.05, 0.1) is 9.35 Å². The van der Waals surface area contributed by atoms with Crippen molar-refractivity contribution in [1.29, 1.82) is 0 Å². The number of aromatic nitrogens is 1. The van der Waals surface area contributed by atoms with Gasteiger partial charge in [0.1, 0.15) is 19.3 Å². The number of rotatable bonds is 2. The summed E-state index contributed by atoms with van der Waals surface area (Å²) in [6.07, 6.45) is 0.803. The van der Waals surface area contributed by atoms with Crippen molar-refractivity contribution in [3.8, 4) is 11.5 Å². The van der Waals surface area contributed by atoms with Crippen molar-refractivity contribution in [3.63, 3.8) is 0 Å². The van der Waals surface area contributed by atoms with Crippen molar-refractivity contribution < 1.29 is 14.6 Å². The van der Waals surface area contributed by atoms with Gasteiger partial charge in [0.25, 0.3) is 0 Å². The smallest absolute Gasteiger partial charge is 0.180 e. The van der Waals surface area contributed by atoms with Gasteiger partial charge in [-0.05, 0) is 33.6 Å². The Labute approximate surface area is 122 Å². The highest BCUT2D eigenvalue weighted by Crippen LogP contribution is 2.41. The number of hydrogen-bond acceptors (Lipinski definition) is 6. The van der Waals surface area contributed by atoms with Crippen LogP contribution in [-0.4, -0.2) is 23.3 Å². The fourth-order valence-corrected chi connectivity index (χ4v) is 3.15. The Balaban J connectivity index is 1.99. The minimum Gasteiger partial charge on any atom is -0.486 e. The number of hydrogen-bond donors (Lipinski definition) is 2. The van der Waals surface area contributed by atoms with Crippen LogP contribution in [0.2, 0.25) is 0 Å². The highest BCUT2D eigenvalue weighted by atomic mass is 79.9. The Morgan fingerprint density at radius 1 is 1.37 bits per heavy atom. The van der Waals surface area contributed by atoms with E-state index in [1.807, 2.05) is 6.07 Å². The Kier molecular flexibility index (Phi) is 3.34. The van der Waals surface area contributed by atoms with Gasteiger partial charge in [0, 0.05) is 6.20 Å². The van der Waals surface area contributed by atoms with Gasteiger partial charge in [-0.1, -0.05) is 11.3 Å². The molecule has 7 heteroatoms. The van der Waals surface area contributed by atoms with E-state index in [0.717, 1.165) is 4.47 Å². The fourth-order valence-electron chi connectivity index (χ4n) is 1.88. The maximum absolute atomic E-state index is 10.3. The summed E-state index contributed by atoms with van der Waals surface area (Å²) < 4.78 is 11.8. The van der Waals surface area contributed by atoms with Gasteiger partial charge < -0.3 is 20.3 Å². The third kappa shape index (κ3) is 2.41. The molecule has 3 rings (SSSR count). The number of aliphatic hydroxyl groups is 1. The lowest BCUT2D eigenvalue weighted by Gasteiger charge is -2.21. The highest BCUT2D eigenvalue weighted by molar-refractivity contribution is 9.10. The van der Waals surface area contributed by atoms with Crippen LogP contribution in [0, 0.1) is 0 Å². The van der Waals surface area contributed by atoms with Crippen molar-refractivity contribution in [2.24, 2.45) is 0 Å². The molecule has 1 aliphatic rings. The molecule has 1 aliphatic heterocycles. The second-order valence-electron chi connectivity index (χ2n) is 4.03. The third-order valence-electron chi connectivity index (χ3n) is 2.75. The highest BCUT2D eigenvalue weighted by Gasteiger charge is 2.21. The number of nitrogen functional groups attached to an aromatic ring is 1. The number of halogens is 1. The minimum absolute atomic E-state index is 0.436. The van der Waals surface area contributed by atoms with Crippen LogP contribution in [-0.2, 0) is 0 Å². The third-order valence-corrected chi connectivity index (χ3v) is 4.21. The van der Waals surface area contributed by atoms with Crippen LogP contribution < -0.4 is 15.2 Å². The van der Waals surface area contributed by atoms with Crippen LogP contribution in [0.15, 0.2) is 22.8 Å². The summed E-state index contributed by atoms with van der Waals surface area (Å²) in [6, 6.07) is 3.59. The van der Waals surface area contributed by atoms with E-state index in [0.29, 0.717) is 40.3 Å². The molecule has 0 radical (unpaired) electrons. The molecule has 2 heterocycles. The van der Waals surface area contributed by atoms with Crippen molar-refractivity contribution >= 4 is 32.4 Å². The number of aliphatic hydroxyl groups excluding tert-OH is 1. The molecule has 0 saturated heterocycles. The van der Waals surface area contributed by atoms with Gasteiger partial charge in [0.15, 0.2) is 16.6 Å². The average Bonchev–Trinajstić information content (AvgIpc) is 2.84. The zero-order valence-electron chi connectivity index (χ0n) is 9.80. The van der Waals surface area contributed by atoms with E-state index in [1.54, 1.807) is 12.3 Å². The number of benzene rings is 1. The Hall–Kier alpha value is -1.31. The topological polar surface area (TPSA) is 77.6 Å². The van der Waals surface area contributed by atoms with E-state index in [9.17, 15) is 5.11 Å². The first-order chi connectivity index (χ1) is 9.15. The van der Waals surface area contributed by atoms with Gasteiger partial charge >= 0.3 is 0 Å². The predicted molar refractivity (Wildman–Crippen MR) is 75.7 cm³/mol. The molecule has 0 fully saturated rings. The summed E-state index contributed by atoms with van der Waals surface area (Å²) in [5.74, 6) is 1.30. The van der Waals surface area contributed by atoms with Crippen LogP contribution in [0.3, 0.4) is 0 Å². The summed E-state index contributed by atoms with van der Waals surface area (Å²) in [4.78, 5) is 4.64. The summed E-state index contributed by atoms with van der Waals surface area (Å²) in [6.45, 7) is 1.03. The van der Waals surface area contributed by atoms with E-state index in [1.165, 1.54) is 11.3 Å². The minimum atomic E-state index is -0.776. The zero-order chi connectivity index (χ0) is 13.4. The number of ether oxygens (including phenoxy) is 2. The quantitative estimate of drug-likeness (QED) is 0.875. The lowest BCUT2D eigenvalue weighted by molar-refractivity contribution is 0.168. The molecule has 19 heavy (non-hydrogen) atoms. The number of nitrogens with two attached hydrogens (primary N) is 1. The van der Waals surface area contributed by atoms with Gasteiger partial charge in [0.2, 0.25) is 0 Å².